The summed E-state index contributed by atoms with van der Waals surface area (Å²) in [6.07, 6.45) is 0.729. The molecule has 1 aromatic rings. The molecule has 0 aliphatic carbocycles. The highest BCUT2D eigenvalue weighted by molar-refractivity contribution is 6.33. The summed E-state index contributed by atoms with van der Waals surface area (Å²) in [5.74, 6) is 0. The van der Waals surface area contributed by atoms with Gasteiger partial charge >= 0.3 is 0 Å². The van der Waals surface area contributed by atoms with Gasteiger partial charge in [0.15, 0.2) is 0 Å². The van der Waals surface area contributed by atoms with Gasteiger partial charge in [0.25, 0.3) is 5.69 Å². The first-order valence-corrected chi connectivity index (χ1v) is 6.14. The molecule has 0 aromatic heterocycles. The number of hydrogen-bond acceptors (Lipinski definition) is 3. The van der Waals surface area contributed by atoms with Crippen molar-refractivity contribution in [2.45, 2.75) is 27.2 Å². The Labute approximate surface area is 106 Å². The van der Waals surface area contributed by atoms with Crippen molar-refractivity contribution < 1.29 is 4.92 Å². The topological polar surface area (TPSA) is 46.4 Å². The number of non-ortho nitro benzene ring substituents is 1. The minimum Gasteiger partial charge on any atom is -0.371 e. The number of rotatable bonds is 5. The summed E-state index contributed by atoms with van der Waals surface area (Å²) in [6.45, 7) is 7.73. The Morgan fingerprint density at radius 1 is 1.29 bits per heavy atom. The smallest absolute Gasteiger partial charge is 0.271 e. The summed E-state index contributed by atoms with van der Waals surface area (Å²) in [7, 11) is 0. The quantitative estimate of drug-likeness (QED) is 0.597. The predicted octanol–water partition coefficient (Wildman–Crippen LogP) is 3.66. The number of anilines is 1. The Balaban J connectivity index is 3.34. The van der Waals surface area contributed by atoms with Crippen molar-refractivity contribution in [1.82, 2.24) is 0 Å². The molecule has 0 amide bonds. The normalized spacial score (nSPS) is 10.4. The van der Waals surface area contributed by atoms with Gasteiger partial charge < -0.3 is 4.90 Å². The molecule has 0 bridgehead atoms. The molecule has 0 fully saturated rings. The lowest BCUT2D eigenvalue weighted by Gasteiger charge is -2.25. The zero-order chi connectivity index (χ0) is 13.0. The van der Waals surface area contributed by atoms with Gasteiger partial charge in [0, 0.05) is 25.2 Å². The molecule has 0 aliphatic rings. The van der Waals surface area contributed by atoms with Crippen LogP contribution in [0.2, 0.25) is 5.02 Å². The number of halogens is 1. The van der Waals surface area contributed by atoms with Gasteiger partial charge in [0.2, 0.25) is 0 Å². The highest BCUT2D eigenvalue weighted by atomic mass is 35.5. The van der Waals surface area contributed by atoms with E-state index in [2.05, 4.69) is 4.90 Å². The third-order valence-electron chi connectivity index (χ3n) is 2.80. The minimum absolute atomic E-state index is 0.0581. The van der Waals surface area contributed by atoms with Crippen molar-refractivity contribution in [3.8, 4) is 0 Å². The van der Waals surface area contributed by atoms with Crippen molar-refractivity contribution in [3.63, 3.8) is 0 Å². The number of benzene rings is 1. The maximum atomic E-state index is 10.8. The van der Waals surface area contributed by atoms with E-state index in [4.69, 9.17) is 11.6 Å². The van der Waals surface area contributed by atoms with Crippen LogP contribution in [0.1, 0.15) is 26.3 Å². The number of aryl methyl sites for hydroxylation is 1. The molecule has 0 atom stereocenters. The molecular formula is C12H17ClN2O2. The van der Waals surface area contributed by atoms with Crippen LogP contribution in [0.3, 0.4) is 0 Å². The fourth-order valence-corrected chi connectivity index (χ4v) is 2.26. The molecule has 1 rings (SSSR count). The molecule has 0 aliphatic heterocycles. The molecule has 0 saturated carbocycles. The summed E-state index contributed by atoms with van der Waals surface area (Å²) < 4.78 is 0. The van der Waals surface area contributed by atoms with Gasteiger partial charge in [0.1, 0.15) is 0 Å². The predicted molar refractivity (Wildman–Crippen MR) is 71.0 cm³/mol. The van der Waals surface area contributed by atoms with Crippen LogP contribution in [0.5, 0.6) is 0 Å². The van der Waals surface area contributed by atoms with E-state index < -0.39 is 4.92 Å². The van der Waals surface area contributed by atoms with Crippen molar-refractivity contribution in [3.05, 3.63) is 32.8 Å². The van der Waals surface area contributed by atoms with E-state index >= 15 is 0 Å². The molecule has 17 heavy (non-hydrogen) atoms. The molecule has 0 radical (unpaired) electrons. The number of hydrogen-bond donors (Lipinski definition) is 0. The Kier molecular flexibility index (Phi) is 4.75. The molecule has 0 unspecified atom stereocenters. The van der Waals surface area contributed by atoms with E-state index in [0.29, 0.717) is 5.02 Å². The van der Waals surface area contributed by atoms with Crippen LogP contribution >= 0.6 is 11.6 Å². The Morgan fingerprint density at radius 3 is 2.29 bits per heavy atom. The fraction of sp³-hybridized carbons (Fsp3) is 0.500. The lowest BCUT2D eigenvalue weighted by atomic mass is 10.1. The van der Waals surface area contributed by atoms with Crippen molar-refractivity contribution >= 4 is 23.0 Å². The fourth-order valence-electron chi connectivity index (χ4n) is 1.91. The van der Waals surface area contributed by atoms with E-state index in [1.807, 2.05) is 20.8 Å². The van der Waals surface area contributed by atoms with Crippen LogP contribution in [0.4, 0.5) is 11.4 Å². The van der Waals surface area contributed by atoms with Gasteiger partial charge in [-0.1, -0.05) is 18.5 Å². The van der Waals surface area contributed by atoms with Crippen LogP contribution in [0.15, 0.2) is 12.1 Å². The van der Waals surface area contributed by atoms with E-state index in [9.17, 15) is 10.1 Å². The molecule has 0 saturated heterocycles. The molecule has 0 heterocycles. The first kappa shape index (κ1) is 13.8. The number of nitrogens with zero attached hydrogens (tertiary/aromatic N) is 2. The largest absolute Gasteiger partial charge is 0.371 e. The van der Waals surface area contributed by atoms with Gasteiger partial charge in [-0.2, -0.15) is 0 Å². The number of nitro benzene ring substituents is 1. The molecular weight excluding hydrogens is 240 g/mol. The van der Waals surface area contributed by atoms with E-state index in [-0.39, 0.29) is 5.69 Å². The maximum absolute atomic E-state index is 10.8. The molecule has 0 N–H and O–H groups in total. The van der Waals surface area contributed by atoms with Crippen LogP contribution in [-0.2, 0) is 6.42 Å². The second-order valence-corrected chi connectivity index (χ2v) is 4.13. The van der Waals surface area contributed by atoms with Gasteiger partial charge in [-0.25, -0.2) is 0 Å². The lowest BCUT2D eigenvalue weighted by Crippen LogP contribution is -2.23. The summed E-state index contributed by atoms with van der Waals surface area (Å²) >= 11 is 6.16. The maximum Gasteiger partial charge on any atom is 0.271 e. The zero-order valence-corrected chi connectivity index (χ0v) is 11.1. The summed E-state index contributed by atoms with van der Waals surface area (Å²) in [4.78, 5) is 12.5. The van der Waals surface area contributed by atoms with E-state index in [1.54, 1.807) is 6.07 Å². The minimum atomic E-state index is -0.406. The van der Waals surface area contributed by atoms with Crippen molar-refractivity contribution in [2.24, 2.45) is 0 Å². The molecule has 1 aromatic carbocycles. The Bertz CT molecular complexity index is 417. The molecule has 5 heteroatoms. The van der Waals surface area contributed by atoms with Gasteiger partial charge in [-0.15, -0.1) is 0 Å². The zero-order valence-electron chi connectivity index (χ0n) is 10.4. The third kappa shape index (κ3) is 2.88. The second kappa shape index (κ2) is 5.87. The molecule has 4 nitrogen and oxygen atoms in total. The van der Waals surface area contributed by atoms with Crippen LogP contribution in [0.25, 0.3) is 0 Å². The Hall–Kier alpha value is -1.29. The summed E-state index contributed by atoms with van der Waals surface area (Å²) in [5.41, 5.74) is 1.90. The highest BCUT2D eigenvalue weighted by Gasteiger charge is 2.17. The SMILES string of the molecule is CCc1cc([N+](=O)[O-])cc(Cl)c1N(CC)CC. The second-order valence-electron chi connectivity index (χ2n) is 3.72. The van der Waals surface area contributed by atoms with Crippen molar-refractivity contribution in [2.75, 3.05) is 18.0 Å². The average molecular weight is 257 g/mol. The van der Waals surface area contributed by atoms with Crippen LogP contribution in [0, 0.1) is 10.1 Å². The first-order valence-electron chi connectivity index (χ1n) is 5.76. The first-order chi connectivity index (χ1) is 8.04. The summed E-state index contributed by atoms with van der Waals surface area (Å²) in [5, 5.41) is 11.2. The molecule has 0 spiro atoms. The van der Waals surface area contributed by atoms with Crippen LogP contribution in [-0.4, -0.2) is 18.0 Å². The number of nitro groups is 1. The van der Waals surface area contributed by atoms with Crippen LogP contribution < -0.4 is 4.90 Å². The summed E-state index contributed by atoms with van der Waals surface area (Å²) in [6, 6.07) is 3.04. The van der Waals surface area contributed by atoms with E-state index in [0.717, 1.165) is 30.8 Å². The Morgan fingerprint density at radius 2 is 1.88 bits per heavy atom. The highest BCUT2D eigenvalue weighted by Crippen LogP contribution is 2.34. The third-order valence-corrected chi connectivity index (χ3v) is 3.09. The molecule has 94 valence electrons. The van der Waals surface area contributed by atoms with Gasteiger partial charge in [-0.3, -0.25) is 10.1 Å². The average Bonchev–Trinajstić information content (AvgIpc) is 2.31. The van der Waals surface area contributed by atoms with Gasteiger partial charge in [0.05, 0.1) is 15.6 Å². The van der Waals surface area contributed by atoms with Gasteiger partial charge in [-0.05, 0) is 25.8 Å². The lowest BCUT2D eigenvalue weighted by molar-refractivity contribution is -0.384. The van der Waals surface area contributed by atoms with E-state index in [1.165, 1.54) is 6.07 Å². The monoisotopic (exact) mass is 256 g/mol. The van der Waals surface area contributed by atoms with Crippen molar-refractivity contribution in [1.29, 1.82) is 0 Å². The standard InChI is InChI=1S/C12H17ClN2O2/c1-4-9-7-10(15(16)17)8-11(13)12(9)14(5-2)6-3/h7-8H,4-6H2,1-3H3.